The minimum atomic E-state index is -0.856. The van der Waals surface area contributed by atoms with Crippen molar-refractivity contribution in [3.8, 4) is 6.07 Å². The zero-order valence-corrected chi connectivity index (χ0v) is 20.9. The van der Waals surface area contributed by atoms with Gasteiger partial charge in [-0.1, -0.05) is 34.1 Å². The second-order valence-corrected chi connectivity index (χ2v) is 11.8. The largest absolute Gasteiger partial charge is 0.325 e. The van der Waals surface area contributed by atoms with Gasteiger partial charge in [0.25, 0.3) is 5.91 Å². The van der Waals surface area contributed by atoms with Crippen LogP contribution in [0.2, 0.25) is 0 Å². The number of anilines is 1. The van der Waals surface area contributed by atoms with Crippen LogP contribution >= 0.6 is 11.3 Å². The van der Waals surface area contributed by atoms with E-state index in [1.807, 2.05) is 0 Å². The number of nitrogens with zero attached hydrogens (tertiary/aromatic N) is 2. The Morgan fingerprint density at radius 1 is 1.30 bits per heavy atom. The van der Waals surface area contributed by atoms with Gasteiger partial charge in [0, 0.05) is 4.88 Å². The van der Waals surface area contributed by atoms with Crippen LogP contribution in [0.1, 0.15) is 82.2 Å². The van der Waals surface area contributed by atoms with Crippen LogP contribution in [0.25, 0.3) is 0 Å². The number of nitrogens with one attached hydrogen (secondary N) is 2. The van der Waals surface area contributed by atoms with Crippen molar-refractivity contribution < 1.29 is 14.4 Å². The summed E-state index contributed by atoms with van der Waals surface area (Å²) in [6.07, 6.45) is 6.88. The summed E-state index contributed by atoms with van der Waals surface area (Å²) >= 11 is 1.47. The van der Waals surface area contributed by atoms with E-state index in [0.29, 0.717) is 35.2 Å². The van der Waals surface area contributed by atoms with Crippen LogP contribution in [0.4, 0.5) is 9.80 Å². The first-order valence-electron chi connectivity index (χ1n) is 12.1. The number of rotatable bonds is 5. The molecule has 4 rings (SSSR count). The quantitative estimate of drug-likeness (QED) is 0.614. The van der Waals surface area contributed by atoms with E-state index >= 15 is 0 Å². The molecule has 33 heavy (non-hydrogen) atoms. The first-order valence-corrected chi connectivity index (χ1v) is 12.9. The van der Waals surface area contributed by atoms with Gasteiger partial charge in [-0.25, -0.2) is 4.79 Å². The highest BCUT2D eigenvalue weighted by atomic mass is 32.1. The molecular weight excluding hydrogens is 436 g/mol. The molecule has 2 fully saturated rings. The Morgan fingerprint density at radius 3 is 2.64 bits per heavy atom. The highest BCUT2D eigenvalue weighted by Crippen LogP contribution is 2.45. The summed E-state index contributed by atoms with van der Waals surface area (Å²) in [5.41, 5.74) is 0.955. The van der Waals surface area contributed by atoms with Gasteiger partial charge in [-0.15, -0.1) is 11.3 Å². The summed E-state index contributed by atoms with van der Waals surface area (Å²) in [4.78, 5) is 40.6. The molecule has 0 aromatic carbocycles. The van der Waals surface area contributed by atoms with Crippen LogP contribution < -0.4 is 10.6 Å². The molecule has 4 amide bonds. The Kier molecular flexibility index (Phi) is 6.30. The number of urea groups is 1. The third kappa shape index (κ3) is 4.28. The van der Waals surface area contributed by atoms with Crippen molar-refractivity contribution >= 4 is 34.2 Å². The summed E-state index contributed by atoms with van der Waals surface area (Å²) in [6, 6.07) is 1.77. The van der Waals surface area contributed by atoms with E-state index < -0.39 is 17.5 Å². The molecule has 1 aromatic rings. The maximum atomic E-state index is 13.0. The second kappa shape index (κ2) is 8.75. The Morgan fingerprint density at radius 2 is 2.00 bits per heavy atom. The molecule has 2 aliphatic carbocycles. The second-order valence-electron chi connectivity index (χ2n) is 10.7. The summed E-state index contributed by atoms with van der Waals surface area (Å²) in [5.74, 6) is 0.337. The topological polar surface area (TPSA) is 102 Å². The summed E-state index contributed by atoms with van der Waals surface area (Å²) in [5, 5.41) is 16.0. The van der Waals surface area contributed by atoms with Crippen LogP contribution in [0, 0.1) is 28.6 Å². The summed E-state index contributed by atoms with van der Waals surface area (Å²) in [7, 11) is 0. The van der Waals surface area contributed by atoms with E-state index in [1.54, 1.807) is 0 Å². The molecule has 1 aliphatic heterocycles. The first kappa shape index (κ1) is 23.7. The monoisotopic (exact) mass is 470 g/mol. The fourth-order valence-electron chi connectivity index (χ4n) is 5.47. The molecule has 1 saturated heterocycles. The van der Waals surface area contributed by atoms with Gasteiger partial charge >= 0.3 is 6.03 Å². The van der Waals surface area contributed by atoms with Crippen molar-refractivity contribution in [1.29, 1.82) is 5.26 Å². The molecule has 178 valence electrons. The smallest absolute Gasteiger partial charge is 0.323 e. The van der Waals surface area contributed by atoms with Crippen LogP contribution in [0.3, 0.4) is 0 Å². The molecule has 1 atom stereocenters. The average molecular weight is 471 g/mol. The van der Waals surface area contributed by atoms with E-state index in [1.165, 1.54) is 16.2 Å². The minimum Gasteiger partial charge on any atom is -0.323 e. The van der Waals surface area contributed by atoms with Crippen molar-refractivity contribution in [3.63, 3.8) is 0 Å². The average Bonchev–Trinajstić information content (AvgIpc) is 3.24. The van der Waals surface area contributed by atoms with E-state index in [-0.39, 0.29) is 17.9 Å². The predicted octanol–water partition coefficient (Wildman–Crippen LogP) is 4.60. The Balaban J connectivity index is 1.46. The lowest BCUT2D eigenvalue weighted by Crippen LogP contribution is -2.49. The number of imide groups is 1. The highest BCUT2D eigenvalue weighted by molar-refractivity contribution is 7.16. The fraction of sp³-hybridized carbons (Fsp3) is 0.680. The molecule has 1 aromatic heterocycles. The number of amides is 4. The number of nitriles is 1. The van der Waals surface area contributed by atoms with Gasteiger partial charge in [-0.2, -0.15) is 5.26 Å². The van der Waals surface area contributed by atoms with Gasteiger partial charge in [0.15, 0.2) is 0 Å². The molecule has 3 aliphatic rings. The van der Waals surface area contributed by atoms with Crippen molar-refractivity contribution in [2.24, 2.45) is 17.3 Å². The minimum absolute atomic E-state index is 0.230. The van der Waals surface area contributed by atoms with Crippen LogP contribution in [-0.4, -0.2) is 34.8 Å². The van der Waals surface area contributed by atoms with Crippen molar-refractivity contribution in [2.45, 2.75) is 84.6 Å². The zero-order chi connectivity index (χ0) is 24.0. The first-order chi connectivity index (χ1) is 15.6. The normalized spacial score (nSPS) is 27.3. The molecule has 1 saturated carbocycles. The van der Waals surface area contributed by atoms with Crippen LogP contribution in [0.5, 0.6) is 0 Å². The van der Waals surface area contributed by atoms with E-state index in [2.05, 4.69) is 44.4 Å². The van der Waals surface area contributed by atoms with Crippen LogP contribution in [-0.2, 0) is 22.4 Å². The van der Waals surface area contributed by atoms with E-state index in [4.69, 9.17) is 0 Å². The Bertz CT molecular complexity index is 1010. The maximum Gasteiger partial charge on any atom is 0.325 e. The number of thiophene rings is 1. The lowest BCUT2D eigenvalue weighted by Gasteiger charge is -2.36. The van der Waals surface area contributed by atoms with E-state index in [9.17, 15) is 19.6 Å². The molecule has 2 N–H and O–H groups in total. The number of hydrogen-bond donors (Lipinski definition) is 2. The molecule has 8 heteroatoms. The number of hydrogen-bond acceptors (Lipinski definition) is 5. The lowest BCUT2D eigenvalue weighted by atomic mass is 9.69. The van der Waals surface area contributed by atoms with Gasteiger partial charge in [0.05, 0.1) is 5.56 Å². The molecular formula is C25H34N4O3S. The van der Waals surface area contributed by atoms with E-state index in [0.717, 1.165) is 49.0 Å². The SMILES string of the molecule is CCC(C)(C)C1CCc2c(sc(NC(=O)CN3C(=O)NC4(CCC(C)CC4)C3=O)c2C#N)C1. The van der Waals surface area contributed by atoms with Gasteiger partial charge in [-0.3, -0.25) is 14.5 Å². The molecule has 0 bridgehead atoms. The predicted molar refractivity (Wildman–Crippen MR) is 128 cm³/mol. The van der Waals surface area contributed by atoms with Crippen LogP contribution in [0.15, 0.2) is 0 Å². The standard InChI is InChI=1S/C25H34N4O3S/c1-5-24(3,4)16-6-7-17-18(13-26)21(33-19(17)12-16)27-20(30)14-29-22(31)25(28-23(29)32)10-8-15(2)9-11-25/h15-16H,5-12,14H2,1-4H3,(H,27,30)(H,28,32). The van der Waals surface area contributed by atoms with Crippen molar-refractivity contribution in [2.75, 3.05) is 11.9 Å². The van der Waals surface area contributed by atoms with Gasteiger partial charge in [0.1, 0.15) is 23.2 Å². The lowest BCUT2D eigenvalue weighted by molar-refractivity contribution is -0.135. The Labute approximate surface area is 199 Å². The zero-order valence-electron chi connectivity index (χ0n) is 20.0. The van der Waals surface area contributed by atoms with Gasteiger partial charge < -0.3 is 10.6 Å². The molecule has 1 spiro atoms. The molecule has 1 unspecified atom stereocenters. The number of carbonyl (C=O) groups excluding carboxylic acids is 3. The maximum absolute atomic E-state index is 13.0. The van der Waals surface area contributed by atoms with Crippen molar-refractivity contribution in [1.82, 2.24) is 10.2 Å². The van der Waals surface area contributed by atoms with Crippen molar-refractivity contribution in [3.05, 3.63) is 16.0 Å². The number of carbonyl (C=O) groups is 3. The fourth-order valence-corrected chi connectivity index (χ4v) is 6.77. The third-order valence-corrected chi connectivity index (χ3v) is 9.49. The molecule has 2 heterocycles. The summed E-state index contributed by atoms with van der Waals surface area (Å²) < 4.78 is 0. The molecule has 7 nitrogen and oxygen atoms in total. The van der Waals surface area contributed by atoms with Gasteiger partial charge in [0.2, 0.25) is 5.91 Å². The highest BCUT2D eigenvalue weighted by Gasteiger charge is 2.52. The molecule has 0 radical (unpaired) electrons. The Hall–Kier alpha value is -2.40. The number of fused-ring (bicyclic) bond motifs is 1. The summed E-state index contributed by atoms with van der Waals surface area (Å²) in [6.45, 7) is 8.62. The third-order valence-electron chi connectivity index (χ3n) is 8.32. The van der Waals surface area contributed by atoms with Gasteiger partial charge in [-0.05, 0) is 67.8 Å².